The number of carbonyl (C=O) groups is 1. The number of hydrogen-bond acceptors (Lipinski definition) is 3. The molecule has 0 bridgehead atoms. The number of amides is 1. The van der Waals surface area contributed by atoms with Crippen molar-refractivity contribution >= 4 is 5.91 Å². The van der Waals surface area contributed by atoms with Gasteiger partial charge in [-0.25, -0.2) is 0 Å². The molecular weight excluding hydrogens is 249 g/mol. The van der Waals surface area contributed by atoms with Crippen LogP contribution >= 0.6 is 0 Å². The Hall–Kier alpha value is -0.820. The maximum Gasteiger partial charge on any atom is 0.394 e. The first kappa shape index (κ1) is 15.2. The molecule has 2 atom stereocenters. The van der Waals surface area contributed by atoms with Crippen LogP contribution in [0, 0.1) is 5.92 Å². The summed E-state index contributed by atoms with van der Waals surface area (Å²) in [5, 5.41) is 0. The lowest BCUT2D eigenvalue weighted by molar-refractivity contribution is -0.192. The van der Waals surface area contributed by atoms with E-state index < -0.39 is 29.6 Å². The molecule has 1 heterocycles. The number of alkyl halides is 3. The zero-order chi connectivity index (χ0) is 14.1. The maximum absolute atomic E-state index is 12.8. The zero-order valence-corrected chi connectivity index (χ0v) is 10.8. The van der Waals surface area contributed by atoms with Crippen molar-refractivity contribution in [3.05, 3.63) is 0 Å². The van der Waals surface area contributed by atoms with Crippen LogP contribution in [0.2, 0.25) is 0 Å². The molecule has 18 heavy (non-hydrogen) atoms. The summed E-state index contributed by atoms with van der Waals surface area (Å²) in [6.07, 6.45) is -4.38. The standard InChI is InChI=1S/C11H19F3N2O2/c1-10(2)8(11(12,13)14)4-5-16(10)9(17)7(15)6-18-3/h7-8H,4-6,15H2,1-3H3. The van der Waals surface area contributed by atoms with E-state index >= 15 is 0 Å². The lowest BCUT2D eigenvalue weighted by Crippen LogP contribution is -2.55. The van der Waals surface area contributed by atoms with Crippen LogP contribution in [0.15, 0.2) is 0 Å². The van der Waals surface area contributed by atoms with Crippen LogP contribution < -0.4 is 5.73 Å². The number of carbonyl (C=O) groups excluding carboxylic acids is 1. The van der Waals surface area contributed by atoms with E-state index in [1.54, 1.807) is 0 Å². The minimum Gasteiger partial charge on any atom is -0.383 e. The Morgan fingerprint density at radius 2 is 2.11 bits per heavy atom. The van der Waals surface area contributed by atoms with Gasteiger partial charge in [-0.2, -0.15) is 13.2 Å². The molecular formula is C11H19F3N2O2. The number of ether oxygens (including phenoxy) is 1. The number of likely N-dealkylation sites (tertiary alicyclic amines) is 1. The number of nitrogens with zero attached hydrogens (tertiary/aromatic N) is 1. The van der Waals surface area contributed by atoms with Crippen molar-refractivity contribution in [2.24, 2.45) is 11.7 Å². The summed E-state index contributed by atoms with van der Waals surface area (Å²) in [4.78, 5) is 13.2. The van der Waals surface area contributed by atoms with Gasteiger partial charge in [0.15, 0.2) is 0 Å². The van der Waals surface area contributed by atoms with E-state index in [0.717, 1.165) is 0 Å². The molecule has 2 N–H and O–H groups in total. The molecule has 1 aliphatic rings. The van der Waals surface area contributed by atoms with Gasteiger partial charge in [0.2, 0.25) is 5.91 Å². The normalized spacial score (nSPS) is 25.3. The lowest BCUT2D eigenvalue weighted by atomic mass is 9.87. The third kappa shape index (κ3) is 2.77. The molecule has 1 aliphatic heterocycles. The summed E-state index contributed by atoms with van der Waals surface area (Å²) in [5.74, 6) is -2.00. The molecule has 0 radical (unpaired) electrons. The van der Waals surface area contributed by atoms with E-state index in [1.807, 2.05) is 0 Å². The second kappa shape index (κ2) is 5.05. The Kier molecular flexibility index (Phi) is 4.27. The van der Waals surface area contributed by atoms with Crippen molar-refractivity contribution < 1.29 is 22.7 Å². The van der Waals surface area contributed by atoms with E-state index in [1.165, 1.54) is 25.9 Å². The van der Waals surface area contributed by atoms with Crippen molar-refractivity contribution in [2.75, 3.05) is 20.3 Å². The highest BCUT2D eigenvalue weighted by Crippen LogP contribution is 2.44. The molecule has 7 heteroatoms. The average molecular weight is 268 g/mol. The van der Waals surface area contributed by atoms with Crippen molar-refractivity contribution in [3.63, 3.8) is 0 Å². The molecule has 1 rings (SSSR count). The van der Waals surface area contributed by atoms with Crippen molar-refractivity contribution in [2.45, 2.75) is 38.0 Å². The molecule has 0 spiro atoms. The van der Waals surface area contributed by atoms with E-state index in [2.05, 4.69) is 0 Å². The van der Waals surface area contributed by atoms with Gasteiger partial charge in [0.25, 0.3) is 0 Å². The number of methoxy groups -OCH3 is 1. The Balaban J connectivity index is 2.85. The van der Waals surface area contributed by atoms with Gasteiger partial charge in [-0.15, -0.1) is 0 Å². The highest BCUT2D eigenvalue weighted by atomic mass is 19.4. The number of nitrogens with two attached hydrogens (primary N) is 1. The number of halogens is 3. The van der Waals surface area contributed by atoms with Crippen molar-refractivity contribution in [1.29, 1.82) is 0 Å². The monoisotopic (exact) mass is 268 g/mol. The molecule has 1 amide bonds. The molecule has 0 aliphatic carbocycles. The summed E-state index contributed by atoms with van der Waals surface area (Å²) in [6, 6.07) is -0.916. The second-order valence-corrected chi connectivity index (χ2v) is 5.09. The first-order valence-electron chi connectivity index (χ1n) is 5.75. The highest BCUT2D eigenvalue weighted by Gasteiger charge is 2.56. The quantitative estimate of drug-likeness (QED) is 0.835. The lowest BCUT2D eigenvalue weighted by Gasteiger charge is -2.37. The molecule has 1 saturated heterocycles. The highest BCUT2D eigenvalue weighted by molar-refractivity contribution is 5.82. The van der Waals surface area contributed by atoms with Crippen LogP contribution in [-0.4, -0.2) is 48.8 Å². The molecule has 1 fully saturated rings. The first-order valence-corrected chi connectivity index (χ1v) is 5.75. The largest absolute Gasteiger partial charge is 0.394 e. The molecule has 0 saturated carbocycles. The third-order valence-corrected chi connectivity index (χ3v) is 3.51. The zero-order valence-electron chi connectivity index (χ0n) is 10.8. The van der Waals surface area contributed by atoms with Gasteiger partial charge in [0.05, 0.1) is 12.5 Å². The predicted molar refractivity (Wildman–Crippen MR) is 59.8 cm³/mol. The van der Waals surface area contributed by atoms with Gasteiger partial charge in [-0.05, 0) is 20.3 Å². The summed E-state index contributed by atoms with van der Waals surface area (Å²) < 4.78 is 43.3. The molecule has 4 nitrogen and oxygen atoms in total. The minimum atomic E-state index is -4.30. The molecule has 106 valence electrons. The topological polar surface area (TPSA) is 55.6 Å². The fourth-order valence-electron chi connectivity index (χ4n) is 2.50. The number of hydrogen-bond donors (Lipinski definition) is 1. The van der Waals surface area contributed by atoms with E-state index in [9.17, 15) is 18.0 Å². The molecule has 0 aromatic rings. The van der Waals surface area contributed by atoms with Gasteiger partial charge >= 0.3 is 6.18 Å². The van der Waals surface area contributed by atoms with E-state index in [0.29, 0.717) is 0 Å². The Labute approximate surface area is 104 Å². The average Bonchev–Trinajstić information content (AvgIpc) is 2.52. The van der Waals surface area contributed by atoms with Crippen LogP contribution in [0.3, 0.4) is 0 Å². The summed E-state index contributed by atoms with van der Waals surface area (Å²) in [7, 11) is 1.39. The van der Waals surface area contributed by atoms with Crippen LogP contribution in [0.1, 0.15) is 20.3 Å². The molecule has 0 aromatic heterocycles. The van der Waals surface area contributed by atoms with E-state index in [4.69, 9.17) is 10.5 Å². The Morgan fingerprint density at radius 1 is 1.56 bits per heavy atom. The fraction of sp³-hybridized carbons (Fsp3) is 0.909. The Morgan fingerprint density at radius 3 is 2.50 bits per heavy atom. The smallest absolute Gasteiger partial charge is 0.383 e. The number of rotatable bonds is 3. The Bertz CT molecular complexity index is 318. The molecule has 2 unspecified atom stereocenters. The van der Waals surface area contributed by atoms with Gasteiger partial charge in [-0.3, -0.25) is 4.79 Å². The SMILES string of the molecule is COCC(N)C(=O)N1CCC(C(F)(F)F)C1(C)C. The van der Waals surface area contributed by atoms with Gasteiger partial charge in [-0.1, -0.05) is 0 Å². The second-order valence-electron chi connectivity index (χ2n) is 5.09. The first-order chi connectivity index (χ1) is 8.12. The van der Waals surface area contributed by atoms with Crippen molar-refractivity contribution in [1.82, 2.24) is 4.90 Å². The van der Waals surface area contributed by atoms with E-state index in [-0.39, 0.29) is 19.6 Å². The van der Waals surface area contributed by atoms with Crippen LogP contribution in [0.5, 0.6) is 0 Å². The van der Waals surface area contributed by atoms with Gasteiger partial charge in [0.1, 0.15) is 6.04 Å². The van der Waals surface area contributed by atoms with Crippen LogP contribution in [-0.2, 0) is 9.53 Å². The van der Waals surface area contributed by atoms with Crippen LogP contribution in [0.4, 0.5) is 13.2 Å². The van der Waals surface area contributed by atoms with Gasteiger partial charge in [0, 0.05) is 19.2 Å². The molecule has 0 aromatic carbocycles. The minimum absolute atomic E-state index is 0.00208. The van der Waals surface area contributed by atoms with Crippen molar-refractivity contribution in [3.8, 4) is 0 Å². The fourth-order valence-corrected chi connectivity index (χ4v) is 2.50. The van der Waals surface area contributed by atoms with Gasteiger partial charge < -0.3 is 15.4 Å². The maximum atomic E-state index is 12.8. The summed E-state index contributed by atoms with van der Waals surface area (Å²) in [5.41, 5.74) is 4.32. The summed E-state index contributed by atoms with van der Waals surface area (Å²) >= 11 is 0. The predicted octanol–water partition coefficient (Wildman–Crippen LogP) is 1.15. The van der Waals surface area contributed by atoms with Crippen LogP contribution in [0.25, 0.3) is 0 Å². The third-order valence-electron chi connectivity index (χ3n) is 3.51. The summed E-state index contributed by atoms with van der Waals surface area (Å²) in [6.45, 7) is 2.93.